The zero-order valence-electron chi connectivity index (χ0n) is 10.2. The van der Waals surface area contributed by atoms with Gasteiger partial charge >= 0.3 is 0 Å². The maximum Gasteiger partial charge on any atom is 0.279 e. The molecule has 0 unspecified atom stereocenters. The van der Waals surface area contributed by atoms with Gasteiger partial charge in [-0.15, -0.1) is 0 Å². The fraction of sp³-hybridized carbons (Fsp3) is 0.0714. The van der Waals surface area contributed by atoms with Crippen LogP contribution in [0.4, 0.5) is 10.1 Å². The van der Waals surface area contributed by atoms with Crippen LogP contribution in [0.1, 0.15) is 5.56 Å². The molecule has 0 atom stereocenters. The van der Waals surface area contributed by atoms with Gasteiger partial charge in [0.25, 0.3) is 5.19 Å². The first-order valence-electron chi connectivity index (χ1n) is 5.72. The first-order chi connectivity index (χ1) is 9.11. The van der Waals surface area contributed by atoms with Crippen LogP contribution in [0.3, 0.4) is 0 Å². The molecule has 1 heterocycles. The van der Waals surface area contributed by atoms with Gasteiger partial charge in [-0.05, 0) is 36.8 Å². The van der Waals surface area contributed by atoms with E-state index in [1.54, 1.807) is 25.1 Å². The van der Waals surface area contributed by atoms with Crippen molar-refractivity contribution < 1.29 is 9.13 Å². The number of rotatable bonds is 2. The number of fused-ring (bicyclic) bond motifs is 1. The summed E-state index contributed by atoms with van der Waals surface area (Å²) in [6.07, 6.45) is 0. The number of halogens is 1. The highest BCUT2D eigenvalue weighted by Crippen LogP contribution is 2.32. The molecule has 0 aliphatic rings. The van der Waals surface area contributed by atoms with Crippen LogP contribution in [-0.4, -0.2) is 4.98 Å². The Labute approximate surface area is 113 Å². The number of thiazole rings is 1. The fourth-order valence-electron chi connectivity index (χ4n) is 1.70. The SMILES string of the molecule is Cc1ccc(Oc2nc3ccc(N)cc3s2)cc1F. The number of anilines is 1. The van der Waals surface area contributed by atoms with Crippen LogP contribution in [0.25, 0.3) is 10.2 Å². The molecule has 5 heteroatoms. The molecule has 19 heavy (non-hydrogen) atoms. The van der Waals surface area contributed by atoms with Crippen LogP contribution >= 0.6 is 11.3 Å². The summed E-state index contributed by atoms with van der Waals surface area (Å²) >= 11 is 1.38. The number of hydrogen-bond acceptors (Lipinski definition) is 4. The Morgan fingerprint density at radius 3 is 2.84 bits per heavy atom. The number of nitrogen functional groups attached to an aromatic ring is 1. The van der Waals surface area contributed by atoms with Crippen molar-refractivity contribution in [2.45, 2.75) is 6.92 Å². The molecule has 96 valence electrons. The van der Waals surface area contributed by atoms with E-state index in [0.29, 0.717) is 22.2 Å². The van der Waals surface area contributed by atoms with E-state index in [2.05, 4.69) is 4.98 Å². The third kappa shape index (κ3) is 2.37. The lowest BCUT2D eigenvalue weighted by Crippen LogP contribution is -1.86. The predicted octanol–water partition coefficient (Wildman–Crippen LogP) is 4.12. The normalized spacial score (nSPS) is 10.8. The number of nitrogens with two attached hydrogens (primary N) is 1. The predicted molar refractivity (Wildman–Crippen MR) is 75.2 cm³/mol. The molecule has 0 aliphatic heterocycles. The van der Waals surface area contributed by atoms with Crippen molar-refractivity contribution in [3.8, 4) is 10.9 Å². The van der Waals surface area contributed by atoms with Gasteiger partial charge in [0.2, 0.25) is 0 Å². The Morgan fingerprint density at radius 1 is 1.21 bits per heavy atom. The number of nitrogens with zero attached hydrogens (tertiary/aromatic N) is 1. The first kappa shape index (κ1) is 11.9. The van der Waals surface area contributed by atoms with Crippen LogP contribution in [0.5, 0.6) is 10.9 Å². The molecule has 1 aromatic heterocycles. The minimum Gasteiger partial charge on any atom is -0.431 e. The molecular weight excluding hydrogens is 263 g/mol. The lowest BCUT2D eigenvalue weighted by molar-refractivity contribution is 0.474. The number of ether oxygens (including phenoxy) is 1. The Morgan fingerprint density at radius 2 is 2.05 bits per heavy atom. The standard InChI is InChI=1S/C14H11FN2OS/c1-8-2-4-10(7-11(8)15)18-14-17-12-5-3-9(16)6-13(12)19-14/h2-7H,16H2,1H3. The molecule has 0 radical (unpaired) electrons. The van der Waals surface area contributed by atoms with Gasteiger partial charge in [-0.25, -0.2) is 9.37 Å². The van der Waals surface area contributed by atoms with Crippen molar-refractivity contribution in [1.29, 1.82) is 0 Å². The molecule has 2 N–H and O–H groups in total. The molecule has 0 fully saturated rings. The zero-order valence-corrected chi connectivity index (χ0v) is 11.0. The van der Waals surface area contributed by atoms with Crippen LogP contribution in [0.15, 0.2) is 36.4 Å². The van der Waals surface area contributed by atoms with E-state index in [-0.39, 0.29) is 5.82 Å². The second-order valence-corrected chi connectivity index (χ2v) is 5.21. The summed E-state index contributed by atoms with van der Waals surface area (Å²) in [5.74, 6) is 0.151. The van der Waals surface area contributed by atoms with Gasteiger partial charge in [-0.2, -0.15) is 0 Å². The lowest BCUT2D eigenvalue weighted by atomic mass is 10.2. The molecule has 3 aromatic rings. The highest BCUT2D eigenvalue weighted by Gasteiger charge is 2.07. The Kier molecular flexibility index (Phi) is 2.83. The Bertz CT molecular complexity index is 754. The number of benzene rings is 2. The van der Waals surface area contributed by atoms with Crippen molar-refractivity contribution in [3.05, 3.63) is 47.8 Å². The van der Waals surface area contributed by atoms with Crippen molar-refractivity contribution in [2.75, 3.05) is 5.73 Å². The summed E-state index contributed by atoms with van der Waals surface area (Å²) in [5.41, 5.74) is 7.80. The van der Waals surface area contributed by atoms with E-state index in [1.165, 1.54) is 17.4 Å². The molecule has 3 nitrogen and oxygen atoms in total. The van der Waals surface area contributed by atoms with Crippen LogP contribution < -0.4 is 10.5 Å². The maximum absolute atomic E-state index is 13.4. The average molecular weight is 274 g/mol. The van der Waals surface area contributed by atoms with Gasteiger partial charge in [-0.3, -0.25) is 0 Å². The highest BCUT2D eigenvalue weighted by atomic mass is 32.1. The van der Waals surface area contributed by atoms with Gasteiger partial charge in [0.1, 0.15) is 11.6 Å². The zero-order chi connectivity index (χ0) is 13.4. The first-order valence-corrected chi connectivity index (χ1v) is 6.53. The Hall–Kier alpha value is -2.14. The minimum atomic E-state index is -0.289. The van der Waals surface area contributed by atoms with E-state index >= 15 is 0 Å². The van der Waals surface area contributed by atoms with E-state index < -0.39 is 0 Å². The van der Waals surface area contributed by atoms with Crippen LogP contribution in [-0.2, 0) is 0 Å². The summed E-state index contributed by atoms with van der Waals surface area (Å²) in [6.45, 7) is 1.71. The van der Waals surface area contributed by atoms with Gasteiger partial charge in [-0.1, -0.05) is 17.4 Å². The van der Waals surface area contributed by atoms with E-state index in [4.69, 9.17) is 10.5 Å². The molecule has 0 spiro atoms. The molecule has 0 aliphatic carbocycles. The third-order valence-electron chi connectivity index (χ3n) is 2.74. The monoisotopic (exact) mass is 274 g/mol. The molecule has 0 bridgehead atoms. The van der Waals surface area contributed by atoms with Gasteiger partial charge in [0.05, 0.1) is 10.2 Å². The number of aromatic nitrogens is 1. The van der Waals surface area contributed by atoms with E-state index in [9.17, 15) is 4.39 Å². The maximum atomic E-state index is 13.4. The lowest BCUT2D eigenvalue weighted by Gasteiger charge is -2.02. The second kappa shape index (κ2) is 4.51. The quantitative estimate of drug-likeness (QED) is 0.715. The van der Waals surface area contributed by atoms with E-state index in [1.807, 2.05) is 12.1 Å². The van der Waals surface area contributed by atoms with Crippen LogP contribution in [0, 0.1) is 12.7 Å². The summed E-state index contributed by atoms with van der Waals surface area (Å²) in [5, 5.41) is 0.476. The molecule has 0 saturated heterocycles. The number of hydrogen-bond donors (Lipinski definition) is 1. The summed E-state index contributed by atoms with van der Waals surface area (Å²) < 4.78 is 19.9. The van der Waals surface area contributed by atoms with Crippen molar-refractivity contribution >= 4 is 27.2 Å². The highest BCUT2D eigenvalue weighted by molar-refractivity contribution is 7.20. The molecule has 0 saturated carbocycles. The van der Waals surface area contributed by atoms with Gasteiger partial charge in [0, 0.05) is 11.8 Å². The van der Waals surface area contributed by atoms with Crippen molar-refractivity contribution in [3.63, 3.8) is 0 Å². The molecule has 3 rings (SSSR count). The topological polar surface area (TPSA) is 48.1 Å². The summed E-state index contributed by atoms with van der Waals surface area (Å²) in [7, 11) is 0. The minimum absolute atomic E-state index is 0.289. The largest absolute Gasteiger partial charge is 0.431 e. The Balaban J connectivity index is 1.94. The van der Waals surface area contributed by atoms with Gasteiger partial charge < -0.3 is 10.5 Å². The van der Waals surface area contributed by atoms with Crippen LogP contribution in [0.2, 0.25) is 0 Å². The van der Waals surface area contributed by atoms with Crippen molar-refractivity contribution in [1.82, 2.24) is 4.98 Å². The van der Waals surface area contributed by atoms with Gasteiger partial charge in [0.15, 0.2) is 0 Å². The summed E-state index contributed by atoms with van der Waals surface area (Å²) in [6, 6.07) is 10.2. The van der Waals surface area contributed by atoms with E-state index in [0.717, 1.165) is 10.2 Å². The smallest absolute Gasteiger partial charge is 0.279 e. The third-order valence-corrected chi connectivity index (χ3v) is 3.64. The van der Waals surface area contributed by atoms with Crippen molar-refractivity contribution in [2.24, 2.45) is 0 Å². The fourth-order valence-corrected chi connectivity index (χ4v) is 2.58. The molecule has 2 aromatic carbocycles. The molecular formula is C14H11FN2OS. The second-order valence-electron chi connectivity index (χ2n) is 4.22. The summed E-state index contributed by atoms with van der Waals surface area (Å²) in [4.78, 5) is 4.32. The average Bonchev–Trinajstić information content (AvgIpc) is 2.75. The number of aryl methyl sites for hydroxylation is 1. The molecule has 0 amide bonds.